The van der Waals surface area contributed by atoms with Crippen molar-refractivity contribution in [2.45, 2.75) is 0 Å². The lowest BCUT2D eigenvalue weighted by atomic mass is 10.3. The van der Waals surface area contributed by atoms with Crippen molar-refractivity contribution >= 4 is 44.0 Å². The van der Waals surface area contributed by atoms with E-state index in [1.807, 2.05) is 0 Å². The van der Waals surface area contributed by atoms with Crippen molar-refractivity contribution in [2.75, 3.05) is 11.1 Å². The highest BCUT2D eigenvalue weighted by Gasteiger charge is 2.14. The van der Waals surface area contributed by atoms with Crippen LogP contribution in [0.1, 0.15) is 10.5 Å². The number of carbonyl (C=O) groups excluding carboxylic acids is 1. The Bertz CT molecular complexity index is 617. The Morgan fingerprint density at radius 2 is 2.11 bits per heavy atom. The van der Waals surface area contributed by atoms with Crippen LogP contribution in [0.25, 0.3) is 0 Å². The third kappa shape index (κ3) is 2.65. The number of anilines is 2. The summed E-state index contributed by atoms with van der Waals surface area (Å²) >= 11 is 3.92. The van der Waals surface area contributed by atoms with Gasteiger partial charge < -0.3 is 11.1 Å². The summed E-state index contributed by atoms with van der Waals surface area (Å²) in [5.41, 5.74) is 5.17. The van der Waals surface area contributed by atoms with Gasteiger partial charge in [-0.2, -0.15) is 0 Å². The average molecular weight is 334 g/mol. The van der Waals surface area contributed by atoms with E-state index in [1.54, 1.807) is 0 Å². The summed E-state index contributed by atoms with van der Waals surface area (Å²) in [6, 6.07) is 1.81. The van der Waals surface area contributed by atoms with Gasteiger partial charge in [-0.15, -0.1) is 11.3 Å². The van der Waals surface area contributed by atoms with E-state index < -0.39 is 17.5 Å². The van der Waals surface area contributed by atoms with Crippen LogP contribution in [-0.4, -0.2) is 10.9 Å². The number of amides is 1. The molecule has 1 aromatic carbocycles. The van der Waals surface area contributed by atoms with E-state index in [0.29, 0.717) is 0 Å². The van der Waals surface area contributed by atoms with Crippen molar-refractivity contribution < 1.29 is 13.6 Å². The molecule has 0 fully saturated rings. The predicted molar refractivity (Wildman–Crippen MR) is 68.5 cm³/mol. The van der Waals surface area contributed by atoms with Crippen molar-refractivity contribution in [2.24, 2.45) is 0 Å². The van der Waals surface area contributed by atoms with Gasteiger partial charge in [0, 0.05) is 11.4 Å². The Balaban J connectivity index is 2.24. The van der Waals surface area contributed by atoms with Gasteiger partial charge >= 0.3 is 0 Å². The van der Waals surface area contributed by atoms with Gasteiger partial charge in [-0.25, -0.2) is 13.8 Å². The van der Waals surface area contributed by atoms with Crippen molar-refractivity contribution in [3.63, 3.8) is 0 Å². The third-order valence-corrected chi connectivity index (χ3v) is 3.29. The molecule has 8 heteroatoms. The maximum Gasteiger partial charge on any atom is 0.275 e. The number of halogens is 3. The molecule has 94 valence electrons. The predicted octanol–water partition coefficient (Wildman–Crippen LogP) is 3.02. The van der Waals surface area contributed by atoms with Crippen LogP contribution in [0, 0.1) is 11.6 Å². The number of nitrogens with two attached hydrogens (primary N) is 1. The fourth-order valence-corrected chi connectivity index (χ4v) is 2.06. The minimum Gasteiger partial charge on any atom is -0.375 e. The molecule has 0 bridgehead atoms. The lowest BCUT2D eigenvalue weighted by Crippen LogP contribution is -2.13. The summed E-state index contributed by atoms with van der Waals surface area (Å²) in [4.78, 5) is 15.4. The van der Waals surface area contributed by atoms with Crippen molar-refractivity contribution in [3.05, 3.63) is 39.3 Å². The third-order valence-electron chi connectivity index (χ3n) is 2.01. The molecule has 0 atom stereocenters. The first-order valence-electron chi connectivity index (χ1n) is 4.64. The molecule has 1 amide bonds. The van der Waals surface area contributed by atoms with Crippen LogP contribution in [-0.2, 0) is 0 Å². The molecule has 3 N–H and O–H groups in total. The summed E-state index contributed by atoms with van der Waals surface area (Å²) in [5, 5.41) is 3.87. The van der Waals surface area contributed by atoms with Gasteiger partial charge in [-0.3, -0.25) is 4.79 Å². The number of hydrogen-bond acceptors (Lipinski definition) is 4. The second-order valence-corrected chi connectivity index (χ2v) is 5.02. The topological polar surface area (TPSA) is 68.0 Å². The van der Waals surface area contributed by atoms with Gasteiger partial charge in [0.2, 0.25) is 0 Å². The van der Waals surface area contributed by atoms with Crippen LogP contribution in [0.3, 0.4) is 0 Å². The van der Waals surface area contributed by atoms with E-state index >= 15 is 0 Å². The van der Waals surface area contributed by atoms with Crippen LogP contribution in [0.5, 0.6) is 0 Å². The maximum absolute atomic E-state index is 13.5. The molecule has 0 saturated carbocycles. The molecule has 0 aliphatic carbocycles. The number of aromatic nitrogens is 1. The maximum atomic E-state index is 13.5. The lowest BCUT2D eigenvalue weighted by molar-refractivity contribution is 0.102. The zero-order valence-electron chi connectivity index (χ0n) is 8.71. The van der Waals surface area contributed by atoms with Gasteiger partial charge in [-0.1, -0.05) is 0 Å². The van der Waals surface area contributed by atoms with E-state index in [4.69, 9.17) is 5.73 Å². The molecule has 18 heavy (non-hydrogen) atoms. The molecule has 1 aromatic heterocycles. The SMILES string of the molecule is Nc1nc(C(=O)Nc2cc(F)c(Br)cc2F)cs1. The number of nitrogen functional groups attached to an aromatic ring is 1. The normalized spacial score (nSPS) is 10.4. The minimum atomic E-state index is -0.750. The monoisotopic (exact) mass is 333 g/mol. The van der Waals surface area contributed by atoms with Crippen LogP contribution < -0.4 is 11.1 Å². The minimum absolute atomic E-state index is 0.0177. The zero-order chi connectivity index (χ0) is 13.3. The fourth-order valence-electron chi connectivity index (χ4n) is 1.20. The highest BCUT2D eigenvalue weighted by Crippen LogP contribution is 2.24. The number of thiazole rings is 1. The van der Waals surface area contributed by atoms with Gasteiger partial charge in [0.25, 0.3) is 5.91 Å². The standard InChI is InChI=1S/C10H6BrF2N3OS/c11-4-1-6(13)7(2-5(4)12)15-9(17)8-3-18-10(14)16-8/h1-3H,(H2,14,16)(H,15,17). The van der Waals surface area contributed by atoms with E-state index in [-0.39, 0.29) is 21.0 Å². The second-order valence-electron chi connectivity index (χ2n) is 3.27. The largest absolute Gasteiger partial charge is 0.375 e. The van der Waals surface area contributed by atoms with E-state index in [0.717, 1.165) is 23.5 Å². The Kier molecular flexibility index (Phi) is 3.58. The van der Waals surface area contributed by atoms with Crippen molar-refractivity contribution in [1.29, 1.82) is 0 Å². The Morgan fingerprint density at radius 3 is 2.72 bits per heavy atom. The molecule has 1 heterocycles. The van der Waals surface area contributed by atoms with Gasteiger partial charge in [0.1, 0.15) is 17.3 Å². The lowest BCUT2D eigenvalue weighted by Gasteiger charge is -2.05. The highest BCUT2D eigenvalue weighted by atomic mass is 79.9. The van der Waals surface area contributed by atoms with Crippen LogP contribution in [0.15, 0.2) is 22.0 Å². The Morgan fingerprint density at radius 1 is 1.39 bits per heavy atom. The first-order chi connectivity index (χ1) is 8.47. The first-order valence-corrected chi connectivity index (χ1v) is 6.31. The Hall–Kier alpha value is -1.54. The van der Waals surface area contributed by atoms with Crippen LogP contribution in [0.4, 0.5) is 19.6 Å². The number of rotatable bonds is 2. The number of nitrogens with zero attached hydrogens (tertiary/aromatic N) is 1. The summed E-state index contributed by atoms with van der Waals surface area (Å²) in [6.45, 7) is 0. The summed E-state index contributed by atoms with van der Waals surface area (Å²) in [7, 11) is 0. The molecule has 2 rings (SSSR count). The van der Waals surface area contributed by atoms with Crippen LogP contribution >= 0.6 is 27.3 Å². The first kappa shape index (κ1) is 12.9. The van der Waals surface area contributed by atoms with E-state index in [1.165, 1.54) is 5.38 Å². The molecule has 0 aliphatic heterocycles. The summed E-state index contributed by atoms with van der Waals surface area (Å²) < 4.78 is 26.7. The number of carbonyl (C=O) groups is 1. The molecule has 0 unspecified atom stereocenters. The molecule has 0 saturated heterocycles. The van der Waals surface area contributed by atoms with Crippen LogP contribution in [0.2, 0.25) is 0 Å². The number of benzene rings is 1. The molecule has 0 radical (unpaired) electrons. The van der Waals surface area contributed by atoms with Gasteiger partial charge in [0.15, 0.2) is 5.13 Å². The van der Waals surface area contributed by atoms with Crippen molar-refractivity contribution in [1.82, 2.24) is 4.98 Å². The quantitative estimate of drug-likeness (QED) is 0.830. The van der Waals surface area contributed by atoms with E-state index in [2.05, 4.69) is 26.2 Å². The highest BCUT2D eigenvalue weighted by molar-refractivity contribution is 9.10. The smallest absolute Gasteiger partial charge is 0.275 e. The molecule has 4 nitrogen and oxygen atoms in total. The number of nitrogens with one attached hydrogen (secondary N) is 1. The molecular formula is C10H6BrF2N3OS. The van der Waals surface area contributed by atoms with Crippen molar-refractivity contribution in [3.8, 4) is 0 Å². The second kappa shape index (κ2) is 4.99. The molecule has 0 spiro atoms. The molecular weight excluding hydrogens is 328 g/mol. The number of hydrogen-bond donors (Lipinski definition) is 2. The van der Waals surface area contributed by atoms with E-state index in [9.17, 15) is 13.6 Å². The Labute approximate surface area is 113 Å². The zero-order valence-corrected chi connectivity index (χ0v) is 11.1. The van der Waals surface area contributed by atoms with Gasteiger partial charge in [0.05, 0.1) is 10.2 Å². The fraction of sp³-hybridized carbons (Fsp3) is 0. The summed E-state index contributed by atoms with van der Waals surface area (Å²) in [5.74, 6) is -2.08. The average Bonchev–Trinajstić information content (AvgIpc) is 2.73. The molecule has 0 aliphatic rings. The summed E-state index contributed by atoms with van der Waals surface area (Å²) in [6.07, 6.45) is 0. The molecule has 2 aromatic rings. The van der Waals surface area contributed by atoms with Gasteiger partial charge in [-0.05, 0) is 22.0 Å².